The van der Waals surface area contributed by atoms with Gasteiger partial charge in [-0.1, -0.05) is 18.2 Å². The van der Waals surface area contributed by atoms with Gasteiger partial charge in [0.05, 0.1) is 20.7 Å². The standard InChI is InChI=1S/C22H14Br2F3IN2O2/c23-18-8-14(9-19(24)20(18)32-12-13-4-6-17(28)7-5-13)11-29-30-21(31)15-2-1-3-16(10-15)22(25,26)27/h1-11H,12H2,(H,30,31)/b29-11-. The number of rotatable bonds is 6. The molecule has 0 aliphatic heterocycles. The Morgan fingerprint density at radius 3 is 2.34 bits per heavy atom. The molecule has 0 radical (unpaired) electrons. The number of nitrogens with one attached hydrogen (secondary N) is 1. The summed E-state index contributed by atoms with van der Waals surface area (Å²) in [5, 5.41) is 3.83. The molecule has 3 aromatic carbocycles. The minimum Gasteiger partial charge on any atom is -0.487 e. The molecule has 1 N–H and O–H groups in total. The maximum Gasteiger partial charge on any atom is 0.416 e. The van der Waals surface area contributed by atoms with Crippen molar-refractivity contribution >= 4 is 66.6 Å². The first-order valence-electron chi connectivity index (χ1n) is 9.00. The molecule has 0 unspecified atom stereocenters. The zero-order chi connectivity index (χ0) is 23.3. The van der Waals surface area contributed by atoms with E-state index in [0.717, 1.165) is 21.3 Å². The van der Waals surface area contributed by atoms with Gasteiger partial charge in [0.2, 0.25) is 0 Å². The Morgan fingerprint density at radius 1 is 1.06 bits per heavy atom. The van der Waals surface area contributed by atoms with Crippen molar-refractivity contribution in [1.29, 1.82) is 0 Å². The van der Waals surface area contributed by atoms with Crippen molar-refractivity contribution in [1.82, 2.24) is 5.43 Å². The fourth-order valence-electron chi connectivity index (χ4n) is 2.59. The summed E-state index contributed by atoms with van der Waals surface area (Å²) in [6.07, 6.45) is -3.15. The average Bonchev–Trinajstić information content (AvgIpc) is 2.74. The third-order valence-electron chi connectivity index (χ3n) is 4.15. The van der Waals surface area contributed by atoms with E-state index in [1.807, 2.05) is 24.3 Å². The van der Waals surface area contributed by atoms with E-state index in [9.17, 15) is 18.0 Å². The van der Waals surface area contributed by atoms with Crippen LogP contribution in [0.5, 0.6) is 5.75 Å². The van der Waals surface area contributed by atoms with Crippen molar-refractivity contribution in [3.63, 3.8) is 0 Å². The largest absolute Gasteiger partial charge is 0.487 e. The summed E-state index contributed by atoms with van der Waals surface area (Å²) >= 11 is 9.14. The second-order valence-corrected chi connectivity index (χ2v) is 9.46. The fourth-order valence-corrected chi connectivity index (χ4v) is 4.41. The van der Waals surface area contributed by atoms with Gasteiger partial charge >= 0.3 is 6.18 Å². The molecule has 0 aliphatic rings. The van der Waals surface area contributed by atoms with Crippen molar-refractivity contribution in [2.24, 2.45) is 5.10 Å². The molecule has 10 heteroatoms. The number of carbonyl (C=O) groups excluding carboxylic acids is 1. The van der Waals surface area contributed by atoms with Gasteiger partial charge in [-0.05, 0) is 108 Å². The van der Waals surface area contributed by atoms with Crippen LogP contribution in [-0.2, 0) is 12.8 Å². The quantitative estimate of drug-likeness (QED) is 0.170. The van der Waals surface area contributed by atoms with Crippen LogP contribution in [0.25, 0.3) is 0 Å². The van der Waals surface area contributed by atoms with E-state index < -0.39 is 17.6 Å². The van der Waals surface area contributed by atoms with Gasteiger partial charge < -0.3 is 4.74 Å². The Kier molecular flexibility index (Phi) is 8.34. The summed E-state index contributed by atoms with van der Waals surface area (Å²) in [7, 11) is 0. The predicted octanol–water partition coefficient (Wildman–Crippen LogP) is 7.18. The molecule has 1 amide bonds. The molecule has 0 heterocycles. The molecule has 32 heavy (non-hydrogen) atoms. The average molecular weight is 682 g/mol. The van der Waals surface area contributed by atoms with Crippen LogP contribution in [0.3, 0.4) is 0 Å². The van der Waals surface area contributed by atoms with Gasteiger partial charge in [-0.15, -0.1) is 0 Å². The molecular weight excluding hydrogens is 668 g/mol. The molecule has 3 aromatic rings. The molecule has 3 rings (SSSR count). The van der Waals surface area contributed by atoms with Gasteiger partial charge in [-0.3, -0.25) is 4.79 Å². The van der Waals surface area contributed by atoms with Crippen LogP contribution in [0.2, 0.25) is 0 Å². The van der Waals surface area contributed by atoms with Crippen molar-refractivity contribution in [2.75, 3.05) is 0 Å². The third kappa shape index (κ3) is 6.79. The SMILES string of the molecule is O=C(N/N=C\c1cc(Br)c(OCc2ccc(I)cc2)c(Br)c1)c1cccc(C(F)(F)F)c1. The maximum absolute atomic E-state index is 12.8. The number of carbonyl (C=O) groups is 1. The number of halogens is 6. The summed E-state index contributed by atoms with van der Waals surface area (Å²) in [6, 6.07) is 15.6. The number of hydrazone groups is 1. The molecule has 0 saturated carbocycles. The van der Waals surface area contributed by atoms with E-state index in [4.69, 9.17) is 4.74 Å². The van der Waals surface area contributed by atoms with E-state index in [0.29, 0.717) is 26.9 Å². The fraction of sp³-hybridized carbons (Fsp3) is 0.0909. The van der Waals surface area contributed by atoms with Crippen LogP contribution in [0, 0.1) is 3.57 Å². The molecule has 4 nitrogen and oxygen atoms in total. The van der Waals surface area contributed by atoms with Gasteiger partial charge in [-0.2, -0.15) is 18.3 Å². The van der Waals surface area contributed by atoms with Crippen LogP contribution in [0.4, 0.5) is 13.2 Å². The Labute approximate surface area is 212 Å². The lowest BCUT2D eigenvalue weighted by Crippen LogP contribution is -2.18. The van der Waals surface area contributed by atoms with E-state index in [-0.39, 0.29) is 5.56 Å². The number of ether oxygens (including phenoxy) is 1. The number of hydrogen-bond donors (Lipinski definition) is 1. The van der Waals surface area contributed by atoms with E-state index in [1.54, 1.807) is 12.1 Å². The minimum absolute atomic E-state index is 0.140. The molecule has 0 fully saturated rings. The van der Waals surface area contributed by atoms with Crippen molar-refractivity contribution in [3.8, 4) is 5.75 Å². The first-order chi connectivity index (χ1) is 15.1. The maximum atomic E-state index is 12.8. The normalized spacial score (nSPS) is 11.6. The van der Waals surface area contributed by atoms with Crippen LogP contribution >= 0.6 is 54.5 Å². The highest BCUT2D eigenvalue weighted by molar-refractivity contribution is 14.1. The number of hydrogen-bond acceptors (Lipinski definition) is 3. The first-order valence-corrected chi connectivity index (χ1v) is 11.7. The highest BCUT2D eigenvalue weighted by atomic mass is 127. The third-order valence-corrected chi connectivity index (χ3v) is 6.05. The number of amides is 1. The van der Waals surface area contributed by atoms with Crippen LogP contribution in [0.1, 0.15) is 27.0 Å². The van der Waals surface area contributed by atoms with Gasteiger partial charge in [-0.25, -0.2) is 5.43 Å². The van der Waals surface area contributed by atoms with Crippen molar-refractivity contribution < 1.29 is 22.7 Å². The lowest BCUT2D eigenvalue weighted by Gasteiger charge is -2.11. The van der Waals surface area contributed by atoms with Gasteiger partial charge in [0.15, 0.2) is 0 Å². The number of alkyl halides is 3. The van der Waals surface area contributed by atoms with Gasteiger partial charge in [0.25, 0.3) is 5.91 Å². The van der Waals surface area contributed by atoms with E-state index >= 15 is 0 Å². The Balaban J connectivity index is 1.65. The monoisotopic (exact) mass is 680 g/mol. The zero-order valence-corrected chi connectivity index (χ0v) is 21.4. The molecule has 0 atom stereocenters. The number of benzene rings is 3. The Hall–Kier alpha value is -1.92. The highest BCUT2D eigenvalue weighted by Crippen LogP contribution is 2.35. The smallest absolute Gasteiger partial charge is 0.416 e. The number of nitrogens with zero attached hydrogens (tertiary/aromatic N) is 1. The van der Waals surface area contributed by atoms with Crippen LogP contribution in [0.15, 0.2) is 74.7 Å². The molecule has 0 aliphatic carbocycles. The van der Waals surface area contributed by atoms with Gasteiger partial charge in [0, 0.05) is 9.13 Å². The summed E-state index contributed by atoms with van der Waals surface area (Å²) in [6.45, 7) is 0.384. The summed E-state index contributed by atoms with van der Waals surface area (Å²) in [5.74, 6) is -0.142. The van der Waals surface area contributed by atoms with Crippen molar-refractivity contribution in [3.05, 3.63) is 95.4 Å². The predicted molar refractivity (Wildman–Crippen MR) is 132 cm³/mol. The Morgan fingerprint density at radius 2 is 1.72 bits per heavy atom. The first kappa shape index (κ1) is 24.7. The second-order valence-electron chi connectivity index (χ2n) is 6.51. The lowest BCUT2D eigenvalue weighted by molar-refractivity contribution is -0.137. The summed E-state index contributed by atoms with van der Waals surface area (Å²) in [4.78, 5) is 12.1. The molecule has 166 valence electrons. The highest BCUT2D eigenvalue weighted by Gasteiger charge is 2.30. The van der Waals surface area contributed by atoms with Crippen molar-refractivity contribution in [2.45, 2.75) is 12.8 Å². The molecule has 0 spiro atoms. The summed E-state index contributed by atoms with van der Waals surface area (Å²) < 4.78 is 46.8. The van der Waals surface area contributed by atoms with E-state index in [2.05, 4.69) is 65.0 Å². The van der Waals surface area contributed by atoms with E-state index in [1.165, 1.54) is 18.3 Å². The summed E-state index contributed by atoms with van der Waals surface area (Å²) in [5.41, 5.74) is 2.85. The van der Waals surface area contributed by atoms with Gasteiger partial charge in [0.1, 0.15) is 12.4 Å². The second kappa shape index (κ2) is 10.8. The zero-order valence-electron chi connectivity index (χ0n) is 16.1. The molecule has 0 saturated heterocycles. The molecule has 0 bridgehead atoms. The topological polar surface area (TPSA) is 50.7 Å². The molecule has 0 aromatic heterocycles. The molecular formula is C22H14Br2F3IN2O2. The van der Waals surface area contributed by atoms with Crippen LogP contribution < -0.4 is 10.2 Å². The van der Waals surface area contributed by atoms with Crippen LogP contribution in [-0.4, -0.2) is 12.1 Å². The minimum atomic E-state index is -4.53. The lowest BCUT2D eigenvalue weighted by atomic mass is 10.1. The Bertz CT molecular complexity index is 1130.